The van der Waals surface area contributed by atoms with E-state index in [1.54, 1.807) is 45.4 Å². The fraction of sp³-hybridized carbons (Fsp3) is 0.235. The molecule has 2 aromatic heterocycles. The van der Waals surface area contributed by atoms with E-state index in [0.29, 0.717) is 33.0 Å². The predicted molar refractivity (Wildman–Crippen MR) is 102 cm³/mol. The first kappa shape index (κ1) is 18.3. The maximum absolute atomic E-state index is 12.5. The molecule has 0 saturated carbocycles. The molecule has 136 valence electrons. The number of carbonyl (C=O) groups is 1. The lowest BCUT2D eigenvalue weighted by Gasteiger charge is -2.13. The van der Waals surface area contributed by atoms with Crippen LogP contribution in [0, 0.1) is 0 Å². The molecular weight excluding hydrogens is 376 g/mol. The monoisotopic (exact) mass is 392 g/mol. The van der Waals surface area contributed by atoms with Crippen molar-refractivity contribution in [2.45, 2.75) is 17.3 Å². The van der Waals surface area contributed by atoms with Gasteiger partial charge in [-0.2, -0.15) is 0 Å². The van der Waals surface area contributed by atoms with Gasteiger partial charge in [-0.1, -0.05) is 23.4 Å². The van der Waals surface area contributed by atoms with E-state index in [9.17, 15) is 4.79 Å². The van der Waals surface area contributed by atoms with Gasteiger partial charge in [0.15, 0.2) is 22.3 Å². The van der Waals surface area contributed by atoms with Gasteiger partial charge < -0.3 is 19.8 Å². The molecule has 7 nitrogen and oxygen atoms in total. The number of methoxy groups -OCH3 is 2. The number of nitrogens with zero attached hydrogens (tertiary/aromatic N) is 2. The summed E-state index contributed by atoms with van der Waals surface area (Å²) >= 11 is 7.22. The number of amides is 1. The number of benzene rings is 1. The Morgan fingerprint density at radius 2 is 2.04 bits per heavy atom. The molecule has 2 heterocycles. The largest absolute Gasteiger partial charge is 0.493 e. The number of ether oxygens (including phenoxy) is 2. The molecule has 2 N–H and O–H groups in total. The number of nitrogens with one attached hydrogen (secondary N) is 2. The molecule has 0 aliphatic rings. The van der Waals surface area contributed by atoms with Gasteiger partial charge in [0.25, 0.3) is 0 Å². The third-order valence-corrected chi connectivity index (χ3v) is 4.78. The number of thioether (sulfide) groups is 1. The van der Waals surface area contributed by atoms with Crippen molar-refractivity contribution in [1.29, 1.82) is 0 Å². The van der Waals surface area contributed by atoms with Crippen molar-refractivity contribution in [3.8, 4) is 11.5 Å². The van der Waals surface area contributed by atoms with Crippen LogP contribution in [0.3, 0.4) is 0 Å². The Bertz CT molecular complexity index is 947. The highest BCUT2D eigenvalue weighted by Gasteiger charge is 2.18. The predicted octanol–water partition coefficient (Wildman–Crippen LogP) is 3.75. The number of H-pyrrole nitrogens is 1. The van der Waals surface area contributed by atoms with Crippen molar-refractivity contribution in [3.05, 3.63) is 35.5 Å². The minimum absolute atomic E-state index is 0.159. The molecule has 1 atom stereocenters. The minimum atomic E-state index is -0.376. The second-order valence-electron chi connectivity index (χ2n) is 5.39. The molecule has 0 fully saturated rings. The van der Waals surface area contributed by atoms with Crippen molar-refractivity contribution >= 4 is 46.1 Å². The average Bonchev–Trinajstić information content (AvgIpc) is 3.02. The molecular formula is C17H17ClN4O3S. The van der Waals surface area contributed by atoms with Crippen LogP contribution in [0.25, 0.3) is 11.2 Å². The van der Waals surface area contributed by atoms with E-state index in [2.05, 4.69) is 20.3 Å². The zero-order valence-electron chi connectivity index (χ0n) is 14.4. The molecule has 9 heteroatoms. The number of carbonyl (C=O) groups excluding carboxylic acids is 1. The number of halogens is 1. The lowest BCUT2D eigenvalue weighted by Crippen LogP contribution is -2.22. The van der Waals surface area contributed by atoms with Crippen LogP contribution in [0.2, 0.25) is 5.02 Å². The van der Waals surface area contributed by atoms with Crippen molar-refractivity contribution in [3.63, 3.8) is 0 Å². The van der Waals surface area contributed by atoms with Gasteiger partial charge >= 0.3 is 0 Å². The topological polar surface area (TPSA) is 89.1 Å². The summed E-state index contributed by atoms with van der Waals surface area (Å²) in [6.45, 7) is 1.80. The van der Waals surface area contributed by atoms with E-state index < -0.39 is 0 Å². The molecule has 0 aliphatic carbocycles. The summed E-state index contributed by atoms with van der Waals surface area (Å²) in [5.74, 6) is 0.987. The number of rotatable bonds is 6. The van der Waals surface area contributed by atoms with Crippen LogP contribution >= 0.6 is 23.4 Å². The first-order valence-corrected chi connectivity index (χ1v) is 8.96. The van der Waals surface area contributed by atoms with Crippen molar-refractivity contribution in [2.24, 2.45) is 0 Å². The first-order valence-electron chi connectivity index (χ1n) is 7.71. The van der Waals surface area contributed by atoms with Gasteiger partial charge in [0.05, 0.1) is 30.0 Å². The second kappa shape index (κ2) is 7.84. The number of imidazole rings is 1. The quantitative estimate of drug-likeness (QED) is 0.621. The highest BCUT2D eigenvalue weighted by atomic mass is 35.5. The van der Waals surface area contributed by atoms with E-state index >= 15 is 0 Å². The fourth-order valence-electron chi connectivity index (χ4n) is 2.29. The van der Waals surface area contributed by atoms with Gasteiger partial charge in [0.2, 0.25) is 5.91 Å². The van der Waals surface area contributed by atoms with Gasteiger partial charge in [0.1, 0.15) is 0 Å². The molecule has 1 aromatic carbocycles. The number of aromatic amines is 1. The number of aromatic nitrogens is 3. The molecule has 0 unspecified atom stereocenters. The highest BCUT2D eigenvalue weighted by molar-refractivity contribution is 8.00. The summed E-state index contributed by atoms with van der Waals surface area (Å²) in [6.07, 6.45) is 1.53. The number of hydrogen-bond donors (Lipinski definition) is 2. The summed E-state index contributed by atoms with van der Waals surface area (Å²) in [5, 5.41) is 3.61. The van der Waals surface area contributed by atoms with Crippen molar-refractivity contribution < 1.29 is 14.3 Å². The normalized spacial score (nSPS) is 12.0. The smallest absolute Gasteiger partial charge is 0.237 e. The summed E-state index contributed by atoms with van der Waals surface area (Å²) in [4.78, 5) is 24.1. The van der Waals surface area contributed by atoms with E-state index in [-0.39, 0.29) is 11.2 Å². The number of anilines is 1. The van der Waals surface area contributed by atoms with Gasteiger partial charge in [-0.3, -0.25) is 4.79 Å². The Morgan fingerprint density at radius 1 is 1.27 bits per heavy atom. The first-order chi connectivity index (χ1) is 12.5. The Balaban J connectivity index is 1.69. The lowest BCUT2D eigenvalue weighted by atomic mass is 10.2. The molecule has 3 aromatic rings. The molecule has 1 amide bonds. The standard InChI is InChI=1S/C17H17ClN4O3S/c1-9(26-17-21-12-6-10(18)8-19-15(12)22-17)16(23)20-11-4-5-13(24-2)14(7-11)25-3/h4-9H,1-3H3,(H,20,23)(H,19,21,22)/t9-/m1/s1. The van der Waals surface area contributed by atoms with Crippen molar-refractivity contribution in [1.82, 2.24) is 15.0 Å². The van der Waals surface area contributed by atoms with E-state index in [0.717, 1.165) is 5.52 Å². The van der Waals surface area contributed by atoms with Gasteiger partial charge in [0, 0.05) is 18.0 Å². The summed E-state index contributed by atoms with van der Waals surface area (Å²) in [6, 6.07) is 6.95. The summed E-state index contributed by atoms with van der Waals surface area (Å²) in [7, 11) is 3.11. The number of hydrogen-bond acceptors (Lipinski definition) is 6. The Hall–Kier alpha value is -2.45. The zero-order chi connectivity index (χ0) is 18.7. The fourth-order valence-corrected chi connectivity index (χ4v) is 3.25. The second-order valence-corrected chi connectivity index (χ2v) is 7.15. The molecule has 26 heavy (non-hydrogen) atoms. The Labute approximate surface area is 159 Å². The van der Waals surface area contributed by atoms with Gasteiger partial charge in [-0.15, -0.1) is 0 Å². The van der Waals surface area contributed by atoms with Crippen LogP contribution < -0.4 is 14.8 Å². The van der Waals surface area contributed by atoms with E-state index in [1.165, 1.54) is 18.0 Å². The molecule has 0 bridgehead atoms. The lowest BCUT2D eigenvalue weighted by molar-refractivity contribution is -0.115. The van der Waals surface area contributed by atoms with E-state index in [4.69, 9.17) is 21.1 Å². The SMILES string of the molecule is COc1ccc(NC(=O)[C@@H](C)Sc2nc3ncc(Cl)cc3[nH]2)cc1OC. The van der Waals surface area contributed by atoms with Crippen LogP contribution in [-0.4, -0.2) is 40.3 Å². The van der Waals surface area contributed by atoms with Gasteiger partial charge in [-0.25, -0.2) is 9.97 Å². The van der Waals surface area contributed by atoms with Crippen LogP contribution in [-0.2, 0) is 4.79 Å². The Morgan fingerprint density at radius 3 is 2.77 bits per heavy atom. The maximum atomic E-state index is 12.5. The average molecular weight is 393 g/mol. The van der Waals surface area contributed by atoms with Crippen LogP contribution in [0.5, 0.6) is 11.5 Å². The minimum Gasteiger partial charge on any atom is -0.493 e. The third-order valence-electron chi connectivity index (χ3n) is 3.59. The number of pyridine rings is 1. The van der Waals surface area contributed by atoms with Crippen LogP contribution in [0.15, 0.2) is 35.6 Å². The van der Waals surface area contributed by atoms with E-state index in [1.807, 2.05) is 0 Å². The van der Waals surface area contributed by atoms with Crippen LogP contribution in [0.1, 0.15) is 6.92 Å². The van der Waals surface area contributed by atoms with Crippen LogP contribution in [0.4, 0.5) is 5.69 Å². The highest BCUT2D eigenvalue weighted by Crippen LogP contribution is 2.30. The molecule has 0 radical (unpaired) electrons. The summed E-state index contributed by atoms with van der Waals surface area (Å²) in [5.41, 5.74) is 1.91. The molecule has 0 aliphatic heterocycles. The molecule has 0 saturated heterocycles. The summed E-state index contributed by atoms with van der Waals surface area (Å²) < 4.78 is 10.4. The van der Waals surface area contributed by atoms with Crippen molar-refractivity contribution in [2.75, 3.05) is 19.5 Å². The molecule has 0 spiro atoms. The third kappa shape index (κ3) is 4.03. The number of fused-ring (bicyclic) bond motifs is 1. The van der Waals surface area contributed by atoms with Gasteiger partial charge in [-0.05, 0) is 25.1 Å². The zero-order valence-corrected chi connectivity index (χ0v) is 15.9. The Kier molecular flexibility index (Phi) is 5.53. The maximum Gasteiger partial charge on any atom is 0.237 e. The molecule has 3 rings (SSSR count).